The van der Waals surface area contributed by atoms with Crippen LogP contribution in [0, 0.1) is 11.8 Å². The second-order valence-corrected chi connectivity index (χ2v) is 5.37. The van der Waals surface area contributed by atoms with Crippen molar-refractivity contribution in [2.75, 3.05) is 26.2 Å². The van der Waals surface area contributed by atoms with Gasteiger partial charge < -0.3 is 9.47 Å². The molecule has 0 heterocycles. The minimum Gasteiger partial charge on any atom is -0.497 e. The third kappa shape index (κ3) is 4.51. The van der Waals surface area contributed by atoms with Gasteiger partial charge in [0.1, 0.15) is 5.75 Å². The molecule has 18 heavy (non-hydrogen) atoms. The molecular formula is C15H21ClO2. The highest BCUT2D eigenvalue weighted by molar-refractivity contribution is 6.18. The molecule has 0 aromatic heterocycles. The zero-order valence-corrected chi connectivity index (χ0v) is 11.7. The van der Waals surface area contributed by atoms with Crippen molar-refractivity contribution in [3.8, 4) is 5.75 Å². The van der Waals surface area contributed by atoms with E-state index < -0.39 is 0 Å². The van der Waals surface area contributed by atoms with Gasteiger partial charge in [-0.15, -0.1) is 11.6 Å². The Morgan fingerprint density at radius 2 is 2.22 bits per heavy atom. The van der Waals surface area contributed by atoms with Gasteiger partial charge in [-0.05, 0) is 48.8 Å². The SMILES string of the molecule is COc1cccc(CC(CCl)COCC2CC2)c1. The van der Waals surface area contributed by atoms with Gasteiger partial charge in [-0.2, -0.15) is 0 Å². The Bertz CT molecular complexity index is 363. The minimum absolute atomic E-state index is 0.387. The molecule has 0 N–H and O–H groups in total. The number of hydrogen-bond acceptors (Lipinski definition) is 2. The smallest absolute Gasteiger partial charge is 0.119 e. The van der Waals surface area contributed by atoms with E-state index in [2.05, 4.69) is 12.1 Å². The van der Waals surface area contributed by atoms with Crippen molar-refractivity contribution in [1.29, 1.82) is 0 Å². The number of ether oxygens (including phenoxy) is 2. The summed E-state index contributed by atoms with van der Waals surface area (Å²) in [5.74, 6) is 2.75. The largest absolute Gasteiger partial charge is 0.497 e. The van der Waals surface area contributed by atoms with Crippen LogP contribution in [0.15, 0.2) is 24.3 Å². The van der Waals surface area contributed by atoms with Gasteiger partial charge in [0.05, 0.1) is 13.7 Å². The van der Waals surface area contributed by atoms with Gasteiger partial charge in [0.2, 0.25) is 0 Å². The highest BCUT2D eigenvalue weighted by Gasteiger charge is 2.21. The third-order valence-electron chi connectivity index (χ3n) is 3.28. The van der Waals surface area contributed by atoms with E-state index in [0.717, 1.165) is 31.3 Å². The summed E-state index contributed by atoms with van der Waals surface area (Å²) in [5.41, 5.74) is 1.26. The second-order valence-electron chi connectivity index (χ2n) is 5.06. The fraction of sp³-hybridized carbons (Fsp3) is 0.600. The molecule has 1 saturated carbocycles. The molecule has 2 rings (SSSR count). The summed E-state index contributed by atoms with van der Waals surface area (Å²) < 4.78 is 11.0. The quantitative estimate of drug-likeness (QED) is 0.672. The molecule has 0 saturated heterocycles. The summed E-state index contributed by atoms with van der Waals surface area (Å²) in [6.07, 6.45) is 3.62. The number of alkyl halides is 1. The normalized spacial score (nSPS) is 16.6. The summed E-state index contributed by atoms with van der Waals surface area (Å²) in [4.78, 5) is 0. The highest BCUT2D eigenvalue weighted by Crippen LogP contribution is 2.29. The molecule has 3 heteroatoms. The molecule has 1 aromatic carbocycles. The molecule has 0 spiro atoms. The predicted octanol–water partition coefficient (Wildman–Crippen LogP) is 3.52. The molecule has 0 radical (unpaired) electrons. The molecule has 100 valence electrons. The first kappa shape index (κ1) is 13.7. The van der Waals surface area contributed by atoms with Crippen molar-refractivity contribution in [3.63, 3.8) is 0 Å². The Labute approximate surface area is 114 Å². The first-order valence-corrected chi connectivity index (χ1v) is 7.12. The number of benzene rings is 1. The van der Waals surface area contributed by atoms with E-state index in [1.807, 2.05) is 12.1 Å². The maximum Gasteiger partial charge on any atom is 0.119 e. The Kier molecular flexibility index (Phi) is 5.33. The zero-order chi connectivity index (χ0) is 12.8. The van der Waals surface area contributed by atoms with Gasteiger partial charge in [0, 0.05) is 12.5 Å². The average molecular weight is 269 g/mol. The van der Waals surface area contributed by atoms with Crippen LogP contribution in [0.3, 0.4) is 0 Å². The fourth-order valence-electron chi connectivity index (χ4n) is 1.98. The monoisotopic (exact) mass is 268 g/mol. The molecule has 0 amide bonds. The van der Waals surface area contributed by atoms with Gasteiger partial charge in [0.25, 0.3) is 0 Å². The Morgan fingerprint density at radius 1 is 1.39 bits per heavy atom. The van der Waals surface area contributed by atoms with Crippen molar-refractivity contribution < 1.29 is 9.47 Å². The average Bonchev–Trinajstić information content (AvgIpc) is 3.22. The molecule has 1 aliphatic rings. The molecule has 0 aliphatic heterocycles. The van der Waals surface area contributed by atoms with Gasteiger partial charge in [-0.25, -0.2) is 0 Å². The Balaban J connectivity index is 1.79. The van der Waals surface area contributed by atoms with Crippen LogP contribution in [-0.4, -0.2) is 26.2 Å². The number of methoxy groups -OCH3 is 1. The van der Waals surface area contributed by atoms with Crippen LogP contribution in [0.4, 0.5) is 0 Å². The molecule has 1 unspecified atom stereocenters. The van der Waals surface area contributed by atoms with Gasteiger partial charge in [0.15, 0.2) is 0 Å². The van der Waals surface area contributed by atoms with Crippen LogP contribution in [0.5, 0.6) is 5.75 Å². The number of halogens is 1. The van der Waals surface area contributed by atoms with Crippen molar-refractivity contribution in [3.05, 3.63) is 29.8 Å². The van der Waals surface area contributed by atoms with Crippen LogP contribution in [0.1, 0.15) is 18.4 Å². The first-order chi connectivity index (χ1) is 8.81. The maximum atomic E-state index is 6.01. The Morgan fingerprint density at radius 3 is 2.89 bits per heavy atom. The minimum atomic E-state index is 0.387. The highest BCUT2D eigenvalue weighted by atomic mass is 35.5. The molecule has 1 aliphatic carbocycles. The topological polar surface area (TPSA) is 18.5 Å². The van der Waals surface area contributed by atoms with Crippen molar-refractivity contribution in [2.24, 2.45) is 11.8 Å². The van der Waals surface area contributed by atoms with Crippen LogP contribution >= 0.6 is 11.6 Å². The lowest BCUT2D eigenvalue weighted by Gasteiger charge is -2.14. The third-order valence-corrected chi connectivity index (χ3v) is 3.72. The van der Waals surface area contributed by atoms with E-state index in [1.165, 1.54) is 18.4 Å². The first-order valence-electron chi connectivity index (χ1n) is 6.58. The zero-order valence-electron chi connectivity index (χ0n) is 10.9. The van der Waals surface area contributed by atoms with Gasteiger partial charge >= 0.3 is 0 Å². The standard InChI is InChI=1S/C15H21ClO2/c1-17-15-4-2-3-13(8-15)7-14(9-16)11-18-10-12-5-6-12/h2-4,8,12,14H,5-7,9-11H2,1H3. The summed E-state index contributed by atoms with van der Waals surface area (Å²) in [5, 5.41) is 0. The molecular weight excluding hydrogens is 248 g/mol. The van der Waals surface area contributed by atoms with E-state index in [1.54, 1.807) is 7.11 Å². The van der Waals surface area contributed by atoms with Crippen LogP contribution in [0.2, 0.25) is 0 Å². The summed E-state index contributed by atoms with van der Waals surface area (Å²) in [6, 6.07) is 8.16. The van der Waals surface area contributed by atoms with Gasteiger partial charge in [-0.1, -0.05) is 12.1 Å². The lowest BCUT2D eigenvalue weighted by atomic mass is 10.0. The van der Waals surface area contributed by atoms with E-state index in [0.29, 0.717) is 11.8 Å². The molecule has 2 nitrogen and oxygen atoms in total. The number of hydrogen-bond donors (Lipinski definition) is 0. The van der Waals surface area contributed by atoms with Crippen LogP contribution in [-0.2, 0) is 11.2 Å². The Hall–Kier alpha value is -0.730. The predicted molar refractivity (Wildman–Crippen MR) is 74.5 cm³/mol. The maximum absolute atomic E-state index is 6.01. The van der Waals surface area contributed by atoms with E-state index in [4.69, 9.17) is 21.1 Å². The van der Waals surface area contributed by atoms with Crippen molar-refractivity contribution in [1.82, 2.24) is 0 Å². The number of rotatable bonds is 8. The van der Waals surface area contributed by atoms with Crippen molar-refractivity contribution in [2.45, 2.75) is 19.3 Å². The molecule has 0 bridgehead atoms. The lowest BCUT2D eigenvalue weighted by molar-refractivity contribution is 0.0972. The summed E-state index contributed by atoms with van der Waals surface area (Å²) in [7, 11) is 1.69. The summed E-state index contributed by atoms with van der Waals surface area (Å²) in [6.45, 7) is 1.67. The molecule has 1 fully saturated rings. The fourth-order valence-corrected chi connectivity index (χ4v) is 2.17. The van der Waals surface area contributed by atoms with Crippen LogP contribution < -0.4 is 4.74 Å². The summed E-state index contributed by atoms with van der Waals surface area (Å²) >= 11 is 6.01. The molecule has 1 aromatic rings. The lowest BCUT2D eigenvalue weighted by Crippen LogP contribution is -2.15. The van der Waals surface area contributed by atoms with E-state index in [9.17, 15) is 0 Å². The van der Waals surface area contributed by atoms with Gasteiger partial charge in [-0.3, -0.25) is 0 Å². The molecule has 1 atom stereocenters. The van der Waals surface area contributed by atoms with Crippen LogP contribution in [0.25, 0.3) is 0 Å². The van der Waals surface area contributed by atoms with E-state index >= 15 is 0 Å². The second kappa shape index (κ2) is 7.01. The van der Waals surface area contributed by atoms with Crippen molar-refractivity contribution >= 4 is 11.6 Å². The van der Waals surface area contributed by atoms with E-state index in [-0.39, 0.29) is 0 Å².